The second-order valence-electron chi connectivity index (χ2n) is 5.16. The largest absolute Gasteiger partial charge is 0.316 e. The molecule has 1 N–H and O–H groups in total. The van der Waals surface area contributed by atoms with Crippen LogP contribution in [0.3, 0.4) is 0 Å². The van der Waals surface area contributed by atoms with Crippen molar-refractivity contribution in [3.63, 3.8) is 0 Å². The molecule has 1 heteroatoms. The Bertz CT molecular complexity index is 162. The Balaban J connectivity index is 1.94. The lowest BCUT2D eigenvalue weighted by atomic mass is 9.70. The smallest absolute Gasteiger partial charge is 0.00179 e. The normalized spacial score (nSPS) is 43.0. The van der Waals surface area contributed by atoms with Crippen LogP contribution in [0.5, 0.6) is 0 Å². The van der Waals surface area contributed by atoms with Crippen LogP contribution in [-0.2, 0) is 0 Å². The molecule has 0 bridgehead atoms. The number of hydrogen-bond donors (Lipinski definition) is 1. The van der Waals surface area contributed by atoms with E-state index in [0.29, 0.717) is 5.41 Å². The van der Waals surface area contributed by atoms with Gasteiger partial charge in [-0.05, 0) is 43.2 Å². The fraction of sp³-hybridized carbons (Fsp3) is 1.00. The highest BCUT2D eigenvalue weighted by atomic mass is 14.9. The van der Waals surface area contributed by atoms with Crippen molar-refractivity contribution in [2.24, 2.45) is 17.3 Å². The second-order valence-corrected chi connectivity index (χ2v) is 5.16. The lowest BCUT2D eigenvalue weighted by Gasteiger charge is -2.40. The average Bonchev–Trinajstić information content (AvgIpc) is 2.79. The molecule has 2 fully saturated rings. The van der Waals surface area contributed by atoms with Crippen LogP contribution in [0.25, 0.3) is 0 Å². The van der Waals surface area contributed by atoms with E-state index < -0.39 is 0 Å². The van der Waals surface area contributed by atoms with Gasteiger partial charge in [-0.3, -0.25) is 0 Å². The van der Waals surface area contributed by atoms with Crippen LogP contribution in [0.2, 0.25) is 0 Å². The summed E-state index contributed by atoms with van der Waals surface area (Å²) in [4.78, 5) is 0. The van der Waals surface area contributed by atoms with Crippen LogP contribution < -0.4 is 5.32 Å². The van der Waals surface area contributed by atoms with Crippen LogP contribution in [0.15, 0.2) is 0 Å². The van der Waals surface area contributed by atoms with Crippen molar-refractivity contribution in [2.45, 2.75) is 39.5 Å². The van der Waals surface area contributed by atoms with Crippen LogP contribution >= 0.6 is 0 Å². The molecule has 0 aromatic rings. The molecule has 0 spiro atoms. The first-order valence-electron chi connectivity index (χ1n) is 5.41. The zero-order chi connectivity index (χ0) is 8.60. The van der Waals surface area contributed by atoms with Crippen molar-refractivity contribution in [1.29, 1.82) is 0 Å². The van der Waals surface area contributed by atoms with Crippen LogP contribution in [0.4, 0.5) is 0 Å². The minimum Gasteiger partial charge on any atom is -0.316 e. The Morgan fingerprint density at radius 2 is 2.17 bits per heavy atom. The molecule has 1 aliphatic heterocycles. The summed E-state index contributed by atoms with van der Waals surface area (Å²) in [6, 6.07) is 0. The van der Waals surface area contributed by atoms with Crippen LogP contribution in [0.1, 0.15) is 39.5 Å². The Morgan fingerprint density at radius 1 is 1.42 bits per heavy atom. The van der Waals surface area contributed by atoms with Gasteiger partial charge in [-0.25, -0.2) is 0 Å². The third-order valence-electron chi connectivity index (χ3n) is 3.97. The van der Waals surface area contributed by atoms with Crippen LogP contribution in [0, 0.1) is 17.3 Å². The Labute approximate surface area is 75.9 Å². The number of hydrogen-bond acceptors (Lipinski definition) is 1. The topological polar surface area (TPSA) is 12.0 Å². The third kappa shape index (κ3) is 1.66. The molecular weight excluding hydrogens is 146 g/mol. The zero-order valence-corrected chi connectivity index (χ0v) is 8.40. The molecule has 0 amide bonds. The van der Waals surface area contributed by atoms with Gasteiger partial charge in [0.15, 0.2) is 0 Å². The Kier molecular flexibility index (Phi) is 2.16. The van der Waals surface area contributed by atoms with E-state index in [1.807, 2.05) is 0 Å². The fourth-order valence-corrected chi connectivity index (χ4v) is 2.47. The maximum atomic E-state index is 3.48. The Morgan fingerprint density at radius 3 is 2.75 bits per heavy atom. The summed E-state index contributed by atoms with van der Waals surface area (Å²) in [6.45, 7) is 7.39. The van der Waals surface area contributed by atoms with Crippen molar-refractivity contribution in [2.75, 3.05) is 13.1 Å². The monoisotopic (exact) mass is 167 g/mol. The summed E-state index contributed by atoms with van der Waals surface area (Å²) >= 11 is 0. The molecule has 0 aromatic heterocycles. The quantitative estimate of drug-likeness (QED) is 0.666. The molecule has 1 saturated carbocycles. The van der Waals surface area contributed by atoms with E-state index in [4.69, 9.17) is 0 Å². The van der Waals surface area contributed by atoms with Crippen molar-refractivity contribution < 1.29 is 0 Å². The molecule has 0 aromatic carbocycles. The number of nitrogens with one attached hydrogen (secondary N) is 1. The summed E-state index contributed by atoms with van der Waals surface area (Å²) < 4.78 is 0. The molecule has 0 radical (unpaired) electrons. The predicted octanol–water partition coefficient (Wildman–Crippen LogP) is 2.42. The van der Waals surface area contributed by atoms with Gasteiger partial charge in [0.1, 0.15) is 0 Å². The van der Waals surface area contributed by atoms with Crippen molar-refractivity contribution >= 4 is 0 Å². The van der Waals surface area contributed by atoms with E-state index in [2.05, 4.69) is 19.2 Å². The first-order chi connectivity index (χ1) is 5.71. The standard InChI is InChI=1S/C11H21N/c1-9-8-12-6-5-11(9,2)7-10-3-4-10/h9-10,12H,3-8H2,1-2H3. The van der Waals surface area contributed by atoms with Gasteiger partial charge in [0, 0.05) is 0 Å². The first-order valence-corrected chi connectivity index (χ1v) is 5.41. The van der Waals surface area contributed by atoms with Gasteiger partial charge in [0.25, 0.3) is 0 Å². The molecule has 70 valence electrons. The summed E-state index contributed by atoms with van der Waals surface area (Å²) in [5.41, 5.74) is 0.659. The maximum Gasteiger partial charge on any atom is -0.00179 e. The minimum absolute atomic E-state index is 0.659. The summed E-state index contributed by atoms with van der Waals surface area (Å²) in [6.07, 6.45) is 5.91. The van der Waals surface area contributed by atoms with E-state index in [1.54, 1.807) is 0 Å². The maximum absolute atomic E-state index is 3.48. The molecule has 1 saturated heterocycles. The van der Waals surface area contributed by atoms with Crippen molar-refractivity contribution in [3.8, 4) is 0 Å². The predicted molar refractivity (Wildman–Crippen MR) is 52.1 cm³/mol. The molecule has 2 unspecified atom stereocenters. The van der Waals surface area contributed by atoms with Gasteiger partial charge >= 0.3 is 0 Å². The van der Waals surface area contributed by atoms with E-state index >= 15 is 0 Å². The molecule has 2 atom stereocenters. The molecule has 2 aliphatic rings. The highest BCUT2D eigenvalue weighted by Crippen LogP contribution is 2.46. The molecule has 12 heavy (non-hydrogen) atoms. The molecular formula is C11H21N. The SMILES string of the molecule is CC1CNCCC1(C)CC1CC1. The van der Waals surface area contributed by atoms with Gasteiger partial charge in [-0.1, -0.05) is 26.7 Å². The van der Waals surface area contributed by atoms with Gasteiger partial charge in [0.05, 0.1) is 0 Å². The molecule has 2 rings (SSSR count). The van der Waals surface area contributed by atoms with Gasteiger partial charge in [-0.2, -0.15) is 0 Å². The molecule has 1 nitrogen and oxygen atoms in total. The zero-order valence-electron chi connectivity index (χ0n) is 8.40. The third-order valence-corrected chi connectivity index (χ3v) is 3.97. The minimum atomic E-state index is 0.659. The van der Waals surface area contributed by atoms with E-state index in [-0.39, 0.29) is 0 Å². The summed E-state index contributed by atoms with van der Waals surface area (Å²) in [5, 5.41) is 3.48. The van der Waals surface area contributed by atoms with Gasteiger partial charge in [0.2, 0.25) is 0 Å². The van der Waals surface area contributed by atoms with Crippen molar-refractivity contribution in [1.82, 2.24) is 5.32 Å². The highest BCUT2D eigenvalue weighted by molar-refractivity contribution is 4.90. The van der Waals surface area contributed by atoms with Gasteiger partial charge < -0.3 is 5.32 Å². The Hall–Kier alpha value is -0.0400. The van der Waals surface area contributed by atoms with E-state index in [1.165, 1.54) is 38.8 Å². The molecule has 1 aliphatic carbocycles. The first kappa shape index (κ1) is 8.55. The highest BCUT2D eigenvalue weighted by Gasteiger charge is 2.38. The summed E-state index contributed by atoms with van der Waals surface area (Å²) in [5.74, 6) is 1.97. The fourth-order valence-electron chi connectivity index (χ4n) is 2.47. The van der Waals surface area contributed by atoms with Crippen LogP contribution in [-0.4, -0.2) is 13.1 Å². The lowest BCUT2D eigenvalue weighted by Crippen LogP contribution is -2.42. The van der Waals surface area contributed by atoms with Gasteiger partial charge in [-0.15, -0.1) is 0 Å². The summed E-state index contributed by atoms with van der Waals surface area (Å²) in [7, 11) is 0. The van der Waals surface area contributed by atoms with Crippen molar-refractivity contribution in [3.05, 3.63) is 0 Å². The molecule has 1 heterocycles. The number of piperidine rings is 1. The van der Waals surface area contributed by atoms with E-state index in [0.717, 1.165) is 11.8 Å². The average molecular weight is 167 g/mol. The number of rotatable bonds is 2. The lowest BCUT2D eigenvalue weighted by molar-refractivity contribution is 0.123. The second kappa shape index (κ2) is 3.02. The van der Waals surface area contributed by atoms with E-state index in [9.17, 15) is 0 Å².